The van der Waals surface area contributed by atoms with Gasteiger partial charge in [0, 0.05) is 16.2 Å². The molecule has 0 spiro atoms. The third-order valence-corrected chi connectivity index (χ3v) is 7.43. The average Bonchev–Trinajstić information content (AvgIpc) is 3.08. The van der Waals surface area contributed by atoms with Crippen LogP contribution in [0, 0.1) is 11.2 Å². The number of nitrogens with one attached hydrogen (secondary N) is 1. The summed E-state index contributed by atoms with van der Waals surface area (Å²) in [6.45, 7) is 6.45. The average molecular weight is 456 g/mol. The molecule has 2 rings (SSSR count). The maximum Gasteiger partial charge on any atom is 0.303 e. The van der Waals surface area contributed by atoms with Gasteiger partial charge in [0.1, 0.15) is 5.82 Å². The second-order valence-electron chi connectivity index (χ2n) is 8.63. The van der Waals surface area contributed by atoms with Crippen molar-refractivity contribution in [2.45, 2.75) is 70.2 Å². The lowest BCUT2D eigenvalue weighted by molar-refractivity contribution is -0.137. The van der Waals surface area contributed by atoms with Crippen LogP contribution in [0.2, 0.25) is 0 Å². The molecule has 0 radical (unpaired) electrons. The fourth-order valence-electron chi connectivity index (χ4n) is 3.09. The molecule has 1 unspecified atom stereocenters. The Morgan fingerprint density at radius 2 is 1.80 bits per heavy atom. The summed E-state index contributed by atoms with van der Waals surface area (Å²) in [5, 5.41) is 8.80. The van der Waals surface area contributed by atoms with Crippen LogP contribution in [0.25, 0.3) is 0 Å². The lowest BCUT2D eigenvalue weighted by Gasteiger charge is -2.21. The Hall–Kier alpha value is -1.77. The smallest absolute Gasteiger partial charge is 0.303 e. The van der Waals surface area contributed by atoms with E-state index in [-0.39, 0.29) is 22.8 Å². The van der Waals surface area contributed by atoms with Crippen molar-refractivity contribution in [2.24, 2.45) is 5.41 Å². The molecular weight excluding hydrogens is 425 g/mol. The van der Waals surface area contributed by atoms with Gasteiger partial charge in [0.2, 0.25) is 10.0 Å². The SMILES string of the molecule is CC(C)(C)CCCC(NS(=O)(=O)c1ccc(F)cc1)c1ccc(CCCC(=O)O)s1. The molecule has 8 heteroatoms. The van der Waals surface area contributed by atoms with Crippen molar-refractivity contribution in [1.29, 1.82) is 0 Å². The van der Waals surface area contributed by atoms with Gasteiger partial charge in [0.25, 0.3) is 0 Å². The number of thiophene rings is 1. The predicted octanol–water partition coefficient (Wildman–Crippen LogP) is 5.53. The molecule has 0 amide bonds. The summed E-state index contributed by atoms with van der Waals surface area (Å²) in [6, 6.07) is 8.25. The fraction of sp³-hybridized carbons (Fsp3) is 0.500. The van der Waals surface area contributed by atoms with E-state index >= 15 is 0 Å². The number of aliphatic carboxylic acids is 1. The highest BCUT2D eigenvalue weighted by Crippen LogP contribution is 2.31. The van der Waals surface area contributed by atoms with Crippen molar-refractivity contribution in [2.75, 3.05) is 0 Å². The molecule has 0 aliphatic rings. The molecule has 0 bridgehead atoms. The predicted molar refractivity (Wildman–Crippen MR) is 118 cm³/mol. The maximum atomic E-state index is 13.2. The zero-order chi connectivity index (χ0) is 22.4. The summed E-state index contributed by atoms with van der Waals surface area (Å²) in [4.78, 5) is 12.7. The summed E-state index contributed by atoms with van der Waals surface area (Å²) >= 11 is 1.51. The van der Waals surface area contributed by atoms with E-state index < -0.39 is 21.8 Å². The fourth-order valence-corrected chi connectivity index (χ4v) is 5.56. The number of benzene rings is 1. The number of hydrogen-bond acceptors (Lipinski definition) is 4. The van der Waals surface area contributed by atoms with Gasteiger partial charge in [-0.1, -0.05) is 27.2 Å². The number of carbonyl (C=O) groups is 1. The number of hydrogen-bond donors (Lipinski definition) is 2. The number of carboxylic acid groups (broad SMARTS) is 1. The maximum absolute atomic E-state index is 13.2. The highest BCUT2D eigenvalue weighted by molar-refractivity contribution is 7.89. The van der Waals surface area contributed by atoms with Crippen molar-refractivity contribution < 1.29 is 22.7 Å². The van der Waals surface area contributed by atoms with E-state index in [4.69, 9.17) is 5.11 Å². The lowest BCUT2D eigenvalue weighted by Crippen LogP contribution is -2.28. The van der Waals surface area contributed by atoms with E-state index in [9.17, 15) is 17.6 Å². The number of halogens is 1. The van der Waals surface area contributed by atoms with Crippen molar-refractivity contribution >= 4 is 27.3 Å². The minimum Gasteiger partial charge on any atom is -0.481 e. The Balaban J connectivity index is 2.16. The minimum absolute atomic E-state index is 0.0305. The van der Waals surface area contributed by atoms with Crippen LogP contribution in [-0.4, -0.2) is 19.5 Å². The zero-order valence-electron chi connectivity index (χ0n) is 17.7. The first kappa shape index (κ1) is 24.5. The molecule has 1 atom stereocenters. The van der Waals surface area contributed by atoms with Crippen molar-refractivity contribution in [3.63, 3.8) is 0 Å². The van der Waals surface area contributed by atoms with Crippen molar-refractivity contribution in [3.8, 4) is 0 Å². The molecule has 0 fully saturated rings. The van der Waals surface area contributed by atoms with Gasteiger partial charge in [0.15, 0.2) is 0 Å². The van der Waals surface area contributed by atoms with E-state index in [1.165, 1.54) is 23.5 Å². The zero-order valence-corrected chi connectivity index (χ0v) is 19.3. The number of carboxylic acids is 1. The number of aryl methyl sites for hydroxylation is 1. The van der Waals surface area contributed by atoms with Crippen LogP contribution in [0.15, 0.2) is 41.3 Å². The highest BCUT2D eigenvalue weighted by Gasteiger charge is 2.23. The standard InChI is InChI=1S/C22H30FNO4S2/c1-22(2,3)15-5-7-19(20-14-11-17(29-20)6-4-8-21(25)26)24-30(27,28)18-12-9-16(23)10-13-18/h9-14,19,24H,4-8,15H2,1-3H3,(H,25,26). The molecule has 1 aromatic carbocycles. The Morgan fingerprint density at radius 1 is 1.13 bits per heavy atom. The monoisotopic (exact) mass is 455 g/mol. The van der Waals surface area contributed by atoms with Gasteiger partial charge in [0.05, 0.1) is 10.9 Å². The summed E-state index contributed by atoms with van der Waals surface area (Å²) < 4.78 is 41.7. The molecule has 0 aliphatic carbocycles. The van der Waals surface area contributed by atoms with E-state index in [0.717, 1.165) is 34.7 Å². The van der Waals surface area contributed by atoms with E-state index in [1.807, 2.05) is 12.1 Å². The topological polar surface area (TPSA) is 83.5 Å². The summed E-state index contributed by atoms with van der Waals surface area (Å²) in [5.74, 6) is -1.31. The first-order valence-corrected chi connectivity index (χ1v) is 12.3. The quantitative estimate of drug-likeness (QED) is 0.467. The largest absolute Gasteiger partial charge is 0.481 e. The minimum atomic E-state index is -3.80. The third kappa shape index (κ3) is 8.16. The molecule has 2 aromatic rings. The van der Waals surface area contributed by atoms with Gasteiger partial charge < -0.3 is 5.11 Å². The van der Waals surface area contributed by atoms with Gasteiger partial charge in [-0.25, -0.2) is 17.5 Å². The van der Waals surface area contributed by atoms with Crippen molar-refractivity contribution in [3.05, 3.63) is 52.0 Å². The van der Waals surface area contributed by atoms with E-state index in [1.54, 1.807) is 0 Å². The van der Waals surface area contributed by atoms with Crippen LogP contribution in [0.5, 0.6) is 0 Å². The Morgan fingerprint density at radius 3 is 2.40 bits per heavy atom. The lowest BCUT2D eigenvalue weighted by atomic mass is 9.89. The van der Waals surface area contributed by atoms with Gasteiger partial charge in [-0.3, -0.25) is 4.79 Å². The second kappa shape index (κ2) is 10.5. The van der Waals surface area contributed by atoms with Gasteiger partial charge in [-0.05, 0) is 67.5 Å². The molecule has 1 aromatic heterocycles. The van der Waals surface area contributed by atoms with Crippen LogP contribution in [0.1, 0.15) is 68.7 Å². The second-order valence-corrected chi connectivity index (χ2v) is 11.5. The molecule has 0 saturated heterocycles. The number of sulfonamides is 1. The Labute approximate surface area is 182 Å². The molecule has 1 heterocycles. The first-order chi connectivity index (χ1) is 14.0. The third-order valence-electron chi connectivity index (χ3n) is 4.68. The first-order valence-electron chi connectivity index (χ1n) is 10.0. The molecule has 166 valence electrons. The molecular formula is C22H30FNO4S2. The van der Waals surface area contributed by atoms with Crippen molar-refractivity contribution in [1.82, 2.24) is 4.72 Å². The highest BCUT2D eigenvalue weighted by atomic mass is 32.2. The van der Waals surface area contributed by atoms with E-state index in [0.29, 0.717) is 19.3 Å². The summed E-state index contributed by atoms with van der Waals surface area (Å²) in [5.41, 5.74) is 0.151. The van der Waals surface area contributed by atoms with Crippen LogP contribution in [0.3, 0.4) is 0 Å². The number of rotatable bonds is 11. The Kier molecular flexibility index (Phi) is 8.58. The van der Waals surface area contributed by atoms with Crippen LogP contribution in [-0.2, 0) is 21.2 Å². The van der Waals surface area contributed by atoms with Gasteiger partial charge in [-0.15, -0.1) is 11.3 Å². The molecule has 2 N–H and O–H groups in total. The summed E-state index contributed by atoms with van der Waals surface area (Å²) in [6.07, 6.45) is 3.76. The molecule has 0 saturated carbocycles. The molecule has 0 aliphatic heterocycles. The van der Waals surface area contributed by atoms with Gasteiger partial charge in [-0.2, -0.15) is 0 Å². The molecule has 30 heavy (non-hydrogen) atoms. The van der Waals surface area contributed by atoms with Crippen LogP contribution < -0.4 is 4.72 Å². The van der Waals surface area contributed by atoms with Crippen LogP contribution in [0.4, 0.5) is 4.39 Å². The van der Waals surface area contributed by atoms with E-state index in [2.05, 4.69) is 25.5 Å². The Bertz CT molecular complexity index is 931. The normalized spacial score (nSPS) is 13.3. The molecule has 5 nitrogen and oxygen atoms in total. The van der Waals surface area contributed by atoms with Crippen LogP contribution >= 0.6 is 11.3 Å². The summed E-state index contributed by atoms with van der Waals surface area (Å²) in [7, 11) is -3.80. The van der Waals surface area contributed by atoms with Gasteiger partial charge >= 0.3 is 5.97 Å².